The topological polar surface area (TPSA) is 68.5 Å². The van der Waals surface area contributed by atoms with Gasteiger partial charge in [-0.3, -0.25) is 4.79 Å². The van der Waals surface area contributed by atoms with E-state index in [1.54, 1.807) is 55.6 Å². The monoisotopic (exact) mass is 419 g/mol. The maximum atomic E-state index is 12.9. The number of thioether (sulfide) groups is 1. The summed E-state index contributed by atoms with van der Waals surface area (Å²) in [6.45, 7) is -0.517. The number of ether oxygens (including phenoxy) is 1. The van der Waals surface area contributed by atoms with E-state index in [0.29, 0.717) is 17.1 Å². The second kappa shape index (κ2) is 10.0. The van der Waals surface area contributed by atoms with E-state index in [1.807, 2.05) is 6.07 Å². The largest absolute Gasteiger partial charge is 0.497 e. The Kier molecular flexibility index (Phi) is 7.18. The van der Waals surface area contributed by atoms with E-state index in [9.17, 15) is 13.6 Å². The molecule has 0 unspecified atom stereocenters. The van der Waals surface area contributed by atoms with Crippen molar-refractivity contribution in [2.75, 3.05) is 19.4 Å². The Morgan fingerprint density at radius 1 is 1.21 bits per heavy atom. The summed E-state index contributed by atoms with van der Waals surface area (Å²) in [5.74, 6) is 0.493. The molecule has 9 heteroatoms. The van der Waals surface area contributed by atoms with E-state index in [1.165, 1.54) is 0 Å². The van der Waals surface area contributed by atoms with Crippen LogP contribution in [0.15, 0.2) is 64.3 Å². The highest BCUT2D eigenvalue weighted by atomic mass is 32.2. The summed E-state index contributed by atoms with van der Waals surface area (Å²) < 4.78 is 36.2. The Morgan fingerprint density at radius 2 is 2.00 bits per heavy atom. The molecule has 6 nitrogen and oxygen atoms in total. The first kappa shape index (κ1) is 20.8. The number of benzene rings is 2. The van der Waals surface area contributed by atoms with Crippen LogP contribution in [0.25, 0.3) is 11.4 Å². The fourth-order valence-corrected chi connectivity index (χ4v) is 3.26. The summed E-state index contributed by atoms with van der Waals surface area (Å²) in [4.78, 5) is 17.9. The smallest absolute Gasteiger partial charge is 0.286 e. The SMILES string of the molecule is COc1cccc(-c2noc(SCC(=O)N(Cc3ccccc3)CC(F)F)n2)c1. The number of aromatic nitrogens is 2. The van der Waals surface area contributed by atoms with Gasteiger partial charge in [-0.1, -0.05) is 59.4 Å². The number of halogens is 2. The number of alkyl halides is 2. The summed E-state index contributed by atoms with van der Waals surface area (Å²) in [6, 6.07) is 16.2. The van der Waals surface area contributed by atoms with E-state index in [4.69, 9.17) is 9.26 Å². The zero-order valence-electron chi connectivity index (χ0n) is 15.6. The summed E-state index contributed by atoms with van der Waals surface area (Å²) in [7, 11) is 1.56. The van der Waals surface area contributed by atoms with Gasteiger partial charge in [-0.15, -0.1) is 0 Å². The third-order valence-electron chi connectivity index (χ3n) is 3.98. The first-order valence-corrected chi connectivity index (χ1v) is 9.74. The Hall–Kier alpha value is -2.94. The molecule has 1 aromatic heterocycles. The molecule has 3 rings (SSSR count). The lowest BCUT2D eigenvalue weighted by Gasteiger charge is -2.22. The van der Waals surface area contributed by atoms with Gasteiger partial charge < -0.3 is 14.2 Å². The van der Waals surface area contributed by atoms with Gasteiger partial charge in [0.05, 0.1) is 19.4 Å². The highest BCUT2D eigenvalue weighted by Crippen LogP contribution is 2.24. The van der Waals surface area contributed by atoms with Crippen molar-refractivity contribution in [1.82, 2.24) is 15.0 Å². The number of amides is 1. The predicted molar refractivity (Wildman–Crippen MR) is 105 cm³/mol. The fraction of sp³-hybridized carbons (Fsp3) is 0.250. The van der Waals surface area contributed by atoms with Gasteiger partial charge >= 0.3 is 0 Å². The number of carbonyl (C=O) groups excluding carboxylic acids is 1. The van der Waals surface area contributed by atoms with Gasteiger partial charge in [0.25, 0.3) is 11.6 Å². The summed E-state index contributed by atoms with van der Waals surface area (Å²) in [6.07, 6.45) is -2.62. The van der Waals surface area contributed by atoms with Crippen LogP contribution in [0.2, 0.25) is 0 Å². The van der Waals surface area contributed by atoms with Crippen molar-refractivity contribution in [1.29, 1.82) is 0 Å². The quantitative estimate of drug-likeness (QED) is 0.486. The molecular formula is C20H19F2N3O3S. The molecule has 0 bridgehead atoms. The number of carbonyl (C=O) groups is 1. The zero-order valence-corrected chi connectivity index (χ0v) is 16.4. The van der Waals surface area contributed by atoms with Crippen molar-refractivity contribution < 1.29 is 22.8 Å². The van der Waals surface area contributed by atoms with Crippen molar-refractivity contribution in [3.63, 3.8) is 0 Å². The zero-order chi connectivity index (χ0) is 20.6. The number of methoxy groups -OCH3 is 1. The second-order valence-corrected chi connectivity index (χ2v) is 6.98. The van der Waals surface area contributed by atoms with Gasteiger partial charge in [0.1, 0.15) is 5.75 Å². The minimum Gasteiger partial charge on any atom is -0.497 e. The molecule has 29 heavy (non-hydrogen) atoms. The molecule has 0 atom stereocenters. The minimum atomic E-state index is -2.62. The summed E-state index contributed by atoms with van der Waals surface area (Å²) in [5.41, 5.74) is 1.49. The third kappa shape index (κ3) is 6.02. The predicted octanol–water partition coefficient (Wildman–Crippen LogP) is 4.13. The normalized spacial score (nSPS) is 10.9. The van der Waals surface area contributed by atoms with E-state index in [0.717, 1.165) is 22.2 Å². The maximum absolute atomic E-state index is 12.9. The van der Waals surface area contributed by atoms with E-state index >= 15 is 0 Å². The molecule has 0 N–H and O–H groups in total. The van der Waals surface area contributed by atoms with Gasteiger partial charge in [0.2, 0.25) is 11.7 Å². The molecular weight excluding hydrogens is 400 g/mol. The highest BCUT2D eigenvalue weighted by Gasteiger charge is 2.20. The lowest BCUT2D eigenvalue weighted by atomic mass is 10.2. The van der Waals surface area contributed by atoms with Crippen molar-refractivity contribution in [3.8, 4) is 17.1 Å². The lowest BCUT2D eigenvalue weighted by Crippen LogP contribution is -2.35. The van der Waals surface area contributed by atoms with E-state index in [-0.39, 0.29) is 17.5 Å². The van der Waals surface area contributed by atoms with Crippen LogP contribution in [-0.4, -0.2) is 46.8 Å². The van der Waals surface area contributed by atoms with Crippen molar-refractivity contribution in [3.05, 3.63) is 60.2 Å². The molecule has 2 aromatic carbocycles. The van der Waals surface area contributed by atoms with Crippen LogP contribution < -0.4 is 4.74 Å². The molecule has 1 heterocycles. The van der Waals surface area contributed by atoms with Crippen molar-refractivity contribution >= 4 is 17.7 Å². The molecule has 0 radical (unpaired) electrons. The van der Waals surface area contributed by atoms with Gasteiger partial charge in [-0.2, -0.15) is 4.98 Å². The molecule has 0 spiro atoms. The average molecular weight is 419 g/mol. The van der Waals surface area contributed by atoms with Crippen LogP contribution in [0.3, 0.4) is 0 Å². The van der Waals surface area contributed by atoms with Crippen molar-refractivity contribution in [2.24, 2.45) is 0 Å². The molecule has 0 fully saturated rings. The molecule has 0 aliphatic heterocycles. The van der Waals surface area contributed by atoms with Crippen LogP contribution in [0, 0.1) is 0 Å². The van der Waals surface area contributed by atoms with Gasteiger partial charge in [0, 0.05) is 12.1 Å². The Labute approximate surface area is 170 Å². The van der Waals surface area contributed by atoms with E-state index < -0.39 is 18.9 Å². The fourth-order valence-electron chi connectivity index (χ4n) is 2.59. The molecule has 0 aliphatic rings. The average Bonchev–Trinajstić information content (AvgIpc) is 3.21. The van der Waals surface area contributed by atoms with Crippen LogP contribution in [0.4, 0.5) is 8.78 Å². The summed E-state index contributed by atoms with van der Waals surface area (Å²) >= 11 is 1.01. The van der Waals surface area contributed by atoms with Crippen LogP contribution in [-0.2, 0) is 11.3 Å². The van der Waals surface area contributed by atoms with Gasteiger partial charge in [-0.05, 0) is 17.7 Å². The minimum absolute atomic E-state index is 0.0840. The molecule has 1 amide bonds. The van der Waals surface area contributed by atoms with Crippen LogP contribution in [0.5, 0.6) is 5.75 Å². The third-order valence-corrected chi connectivity index (χ3v) is 4.79. The Bertz CT molecular complexity index is 937. The number of nitrogens with zero attached hydrogens (tertiary/aromatic N) is 3. The number of rotatable bonds is 9. The first-order valence-electron chi connectivity index (χ1n) is 8.76. The molecule has 152 valence electrons. The van der Waals surface area contributed by atoms with Gasteiger partial charge in [-0.25, -0.2) is 8.78 Å². The molecule has 0 saturated carbocycles. The van der Waals surface area contributed by atoms with Crippen LogP contribution >= 0.6 is 11.8 Å². The van der Waals surface area contributed by atoms with E-state index in [2.05, 4.69) is 10.1 Å². The maximum Gasteiger partial charge on any atom is 0.286 e. The Morgan fingerprint density at radius 3 is 2.72 bits per heavy atom. The Balaban J connectivity index is 1.62. The summed E-state index contributed by atoms with van der Waals surface area (Å²) in [5, 5.41) is 4.08. The van der Waals surface area contributed by atoms with Gasteiger partial charge in [0.15, 0.2) is 0 Å². The number of hydrogen-bond donors (Lipinski definition) is 0. The lowest BCUT2D eigenvalue weighted by molar-refractivity contribution is -0.130. The molecule has 3 aromatic rings. The number of hydrogen-bond acceptors (Lipinski definition) is 6. The molecule has 0 saturated heterocycles. The standard InChI is InChI=1S/C20H19F2N3O3S/c1-27-16-9-5-8-15(10-16)19-23-20(28-24-19)29-13-18(26)25(12-17(21)22)11-14-6-3-2-4-7-14/h2-10,17H,11-13H2,1H3. The van der Waals surface area contributed by atoms with Crippen molar-refractivity contribution in [2.45, 2.75) is 18.2 Å². The molecule has 0 aliphatic carbocycles. The first-order chi connectivity index (χ1) is 14.0. The second-order valence-electron chi connectivity index (χ2n) is 6.06. The van der Waals surface area contributed by atoms with Crippen LogP contribution in [0.1, 0.15) is 5.56 Å². The highest BCUT2D eigenvalue weighted by molar-refractivity contribution is 7.99.